The molecule has 3 rings (SSSR count). The first kappa shape index (κ1) is 10.8. The Balaban J connectivity index is 2.13. The van der Waals surface area contributed by atoms with E-state index < -0.39 is 6.29 Å². The average Bonchev–Trinajstić information content (AvgIpc) is 3.02. The number of allylic oxidation sites excluding steroid dienone is 1. The van der Waals surface area contributed by atoms with Gasteiger partial charge >= 0.3 is 0 Å². The molecule has 0 bridgehead atoms. The second kappa shape index (κ2) is 4.49. The average molecular weight is 262 g/mol. The maximum atomic E-state index is 9.41. The maximum Gasteiger partial charge on any atom is 0.217 e. The second-order valence-corrected chi connectivity index (χ2v) is 5.46. The number of rotatable bonds is 2. The first-order valence-electron chi connectivity index (χ1n) is 5.19. The third-order valence-electron chi connectivity index (χ3n) is 2.44. The molecule has 4 heteroatoms. The van der Waals surface area contributed by atoms with Crippen LogP contribution in [-0.4, -0.2) is 11.4 Å². The van der Waals surface area contributed by atoms with Gasteiger partial charge in [-0.1, -0.05) is 12.1 Å². The molecular formula is C13H10O2S2. The minimum Gasteiger partial charge on any atom is -0.461 e. The zero-order chi connectivity index (χ0) is 11.7. The van der Waals surface area contributed by atoms with Crippen LogP contribution in [0.4, 0.5) is 0 Å². The number of ether oxygens (including phenoxy) is 1. The van der Waals surface area contributed by atoms with Gasteiger partial charge in [0.2, 0.25) is 6.29 Å². The van der Waals surface area contributed by atoms with E-state index in [-0.39, 0.29) is 0 Å². The fourth-order valence-electron chi connectivity index (χ4n) is 1.73. The second-order valence-electron chi connectivity index (χ2n) is 3.56. The quantitative estimate of drug-likeness (QED) is 0.898. The number of thiophene rings is 2. The summed E-state index contributed by atoms with van der Waals surface area (Å²) in [5.74, 6) is 0.738. The summed E-state index contributed by atoms with van der Waals surface area (Å²) in [7, 11) is 0. The zero-order valence-electron chi connectivity index (χ0n) is 8.87. The molecule has 1 aliphatic rings. The number of aliphatic hydroxyl groups is 1. The molecule has 0 spiro atoms. The van der Waals surface area contributed by atoms with Crippen LogP contribution in [0, 0.1) is 0 Å². The molecule has 0 saturated carbocycles. The minimum atomic E-state index is -0.820. The molecule has 17 heavy (non-hydrogen) atoms. The highest BCUT2D eigenvalue weighted by atomic mass is 32.1. The van der Waals surface area contributed by atoms with Gasteiger partial charge in [0.25, 0.3) is 0 Å². The van der Waals surface area contributed by atoms with E-state index in [9.17, 15) is 5.11 Å². The number of hydrogen-bond acceptors (Lipinski definition) is 4. The van der Waals surface area contributed by atoms with Crippen molar-refractivity contribution in [1.82, 2.24) is 0 Å². The summed E-state index contributed by atoms with van der Waals surface area (Å²) in [5.41, 5.74) is 1.06. The first-order chi connectivity index (χ1) is 8.34. The predicted molar refractivity (Wildman–Crippen MR) is 70.9 cm³/mol. The Morgan fingerprint density at radius 2 is 1.76 bits per heavy atom. The van der Waals surface area contributed by atoms with Gasteiger partial charge < -0.3 is 9.84 Å². The summed E-state index contributed by atoms with van der Waals surface area (Å²) in [4.78, 5) is 2.31. The van der Waals surface area contributed by atoms with Gasteiger partial charge in [-0.05, 0) is 35.0 Å². The van der Waals surface area contributed by atoms with Gasteiger partial charge in [-0.15, -0.1) is 22.7 Å². The Labute approximate surface area is 107 Å². The van der Waals surface area contributed by atoms with Gasteiger partial charge in [0.1, 0.15) is 5.76 Å². The SMILES string of the molecule is OC1C=CC(=C(c2cccs2)c2cccs2)O1. The smallest absolute Gasteiger partial charge is 0.217 e. The van der Waals surface area contributed by atoms with Crippen LogP contribution >= 0.6 is 22.7 Å². The van der Waals surface area contributed by atoms with Gasteiger partial charge in [0, 0.05) is 9.75 Å². The zero-order valence-corrected chi connectivity index (χ0v) is 10.5. The Bertz CT molecular complexity index is 514. The molecule has 3 heterocycles. The molecule has 2 aromatic rings. The van der Waals surface area contributed by atoms with Crippen LogP contribution in [0.25, 0.3) is 5.57 Å². The lowest BCUT2D eigenvalue weighted by Gasteiger charge is -2.09. The van der Waals surface area contributed by atoms with Crippen LogP contribution in [0.2, 0.25) is 0 Å². The van der Waals surface area contributed by atoms with Crippen molar-refractivity contribution in [3.63, 3.8) is 0 Å². The molecule has 0 saturated heterocycles. The van der Waals surface area contributed by atoms with Crippen molar-refractivity contribution in [3.8, 4) is 0 Å². The lowest BCUT2D eigenvalue weighted by atomic mass is 10.1. The van der Waals surface area contributed by atoms with E-state index in [1.165, 1.54) is 0 Å². The van der Waals surface area contributed by atoms with Crippen molar-refractivity contribution in [2.75, 3.05) is 0 Å². The van der Waals surface area contributed by atoms with Crippen LogP contribution in [0.3, 0.4) is 0 Å². The third kappa shape index (κ3) is 2.07. The van der Waals surface area contributed by atoms with Crippen molar-refractivity contribution in [2.45, 2.75) is 6.29 Å². The lowest BCUT2D eigenvalue weighted by Crippen LogP contribution is -2.01. The van der Waals surface area contributed by atoms with Gasteiger partial charge in [0.05, 0.1) is 5.57 Å². The van der Waals surface area contributed by atoms with Crippen LogP contribution in [-0.2, 0) is 4.74 Å². The summed E-state index contributed by atoms with van der Waals surface area (Å²) in [6.45, 7) is 0. The maximum absolute atomic E-state index is 9.41. The molecule has 1 unspecified atom stereocenters. The normalized spacial score (nSPS) is 18.4. The van der Waals surface area contributed by atoms with E-state index in [1.807, 2.05) is 29.0 Å². The molecule has 0 fully saturated rings. The molecule has 1 aliphatic heterocycles. The van der Waals surface area contributed by atoms with Crippen LogP contribution < -0.4 is 0 Å². The molecule has 0 amide bonds. The highest BCUT2D eigenvalue weighted by Gasteiger charge is 2.19. The highest BCUT2D eigenvalue weighted by molar-refractivity contribution is 7.13. The molecule has 0 aromatic carbocycles. The summed E-state index contributed by atoms with van der Waals surface area (Å²) in [6, 6.07) is 8.16. The molecule has 1 N–H and O–H groups in total. The van der Waals surface area contributed by atoms with Gasteiger partial charge in [-0.3, -0.25) is 0 Å². The Hall–Kier alpha value is -1.36. The van der Waals surface area contributed by atoms with E-state index in [1.54, 1.807) is 28.7 Å². The van der Waals surface area contributed by atoms with Crippen molar-refractivity contribution >= 4 is 28.2 Å². The van der Waals surface area contributed by atoms with Crippen molar-refractivity contribution in [3.05, 3.63) is 62.7 Å². The van der Waals surface area contributed by atoms with E-state index in [2.05, 4.69) is 12.1 Å². The monoisotopic (exact) mass is 262 g/mol. The molecule has 86 valence electrons. The Kier molecular flexibility index (Phi) is 2.84. The van der Waals surface area contributed by atoms with Gasteiger partial charge in [-0.25, -0.2) is 0 Å². The number of aliphatic hydroxyl groups excluding tert-OH is 1. The van der Waals surface area contributed by atoms with Crippen molar-refractivity contribution in [1.29, 1.82) is 0 Å². The molecule has 0 aliphatic carbocycles. The van der Waals surface area contributed by atoms with E-state index in [4.69, 9.17) is 4.74 Å². The molecule has 2 aromatic heterocycles. The largest absolute Gasteiger partial charge is 0.461 e. The summed E-state index contributed by atoms with van der Waals surface area (Å²) in [5, 5.41) is 13.5. The molecular weight excluding hydrogens is 252 g/mol. The van der Waals surface area contributed by atoms with Crippen LogP contribution in [0.5, 0.6) is 0 Å². The first-order valence-corrected chi connectivity index (χ1v) is 6.95. The van der Waals surface area contributed by atoms with E-state index in [0.717, 1.165) is 21.1 Å². The van der Waals surface area contributed by atoms with Crippen molar-refractivity contribution < 1.29 is 9.84 Å². The van der Waals surface area contributed by atoms with Crippen LogP contribution in [0.1, 0.15) is 9.75 Å². The molecule has 2 nitrogen and oxygen atoms in total. The molecule has 1 atom stereocenters. The number of hydrogen-bond donors (Lipinski definition) is 1. The fourth-order valence-corrected chi connectivity index (χ4v) is 3.37. The topological polar surface area (TPSA) is 29.5 Å². The van der Waals surface area contributed by atoms with Crippen molar-refractivity contribution in [2.24, 2.45) is 0 Å². The highest BCUT2D eigenvalue weighted by Crippen LogP contribution is 2.35. The molecule has 0 radical (unpaired) electrons. The predicted octanol–water partition coefficient (Wildman–Crippen LogP) is 3.47. The van der Waals surface area contributed by atoms with Gasteiger partial charge in [-0.2, -0.15) is 0 Å². The van der Waals surface area contributed by atoms with E-state index in [0.29, 0.717) is 0 Å². The minimum absolute atomic E-state index is 0.738. The standard InChI is InChI=1S/C13H10O2S2/c14-12-6-5-9(15-12)13(10-3-1-7-16-10)11-4-2-8-17-11/h1-8,12,14H. The third-order valence-corrected chi connectivity index (χ3v) is 4.22. The van der Waals surface area contributed by atoms with Crippen LogP contribution in [0.15, 0.2) is 52.9 Å². The fraction of sp³-hybridized carbons (Fsp3) is 0.0769. The summed E-state index contributed by atoms with van der Waals surface area (Å²) < 4.78 is 5.41. The Morgan fingerprint density at radius 1 is 1.12 bits per heavy atom. The summed E-state index contributed by atoms with van der Waals surface area (Å²) in [6.07, 6.45) is 2.66. The lowest BCUT2D eigenvalue weighted by molar-refractivity contribution is -0.00945. The summed E-state index contributed by atoms with van der Waals surface area (Å²) >= 11 is 3.34. The Morgan fingerprint density at radius 3 is 2.18 bits per heavy atom. The van der Waals surface area contributed by atoms with Gasteiger partial charge in [0.15, 0.2) is 0 Å². The van der Waals surface area contributed by atoms with E-state index >= 15 is 0 Å².